The van der Waals surface area contributed by atoms with E-state index in [2.05, 4.69) is 0 Å². The fourth-order valence-corrected chi connectivity index (χ4v) is 0. The van der Waals surface area contributed by atoms with E-state index >= 15 is 0 Å². The van der Waals surface area contributed by atoms with Crippen molar-refractivity contribution >= 4 is 11.4 Å². The topological polar surface area (TPSA) is 60.4 Å². The minimum atomic E-state index is -2.86. The van der Waals surface area contributed by atoms with Gasteiger partial charge in [-0.1, -0.05) is 0 Å². The van der Waals surface area contributed by atoms with Crippen molar-refractivity contribution < 1.29 is 75.3 Å². The van der Waals surface area contributed by atoms with E-state index in [0.29, 0.717) is 0 Å². The van der Waals surface area contributed by atoms with Gasteiger partial charge in [0.05, 0.1) is 11.4 Å². The Hall–Kier alpha value is 2.07. The molecule has 30 valence electrons. The molecular weight excluding hydrogens is 126 g/mol. The van der Waals surface area contributed by atoms with Gasteiger partial charge in [0.1, 0.15) is 0 Å². The SMILES string of the molecule is O=S([O-])O.[H-].[H-].[Na+].[Na+]. The van der Waals surface area contributed by atoms with Gasteiger partial charge in [0.25, 0.3) is 0 Å². The van der Waals surface area contributed by atoms with E-state index in [1.165, 1.54) is 0 Å². The number of hydrogen-bond acceptors (Lipinski definition) is 2. The maximum absolute atomic E-state index is 8.56. The molecule has 0 saturated carbocycles. The second kappa shape index (κ2) is 10.1. The first kappa shape index (κ1) is 15.7. The summed E-state index contributed by atoms with van der Waals surface area (Å²) in [5, 5.41) is 0. The number of rotatable bonds is 0. The Morgan fingerprint density at radius 2 is 1.67 bits per heavy atom. The van der Waals surface area contributed by atoms with Crippen molar-refractivity contribution in [3.8, 4) is 0 Å². The second-order valence-corrected chi connectivity index (χ2v) is 0.651. The van der Waals surface area contributed by atoms with Crippen LogP contribution in [0.25, 0.3) is 0 Å². The van der Waals surface area contributed by atoms with Crippen LogP contribution < -0.4 is 59.1 Å². The van der Waals surface area contributed by atoms with Crippen LogP contribution in [0.2, 0.25) is 0 Å². The molecule has 0 aromatic carbocycles. The van der Waals surface area contributed by atoms with Crippen molar-refractivity contribution in [3.63, 3.8) is 0 Å². The van der Waals surface area contributed by atoms with E-state index in [1.54, 1.807) is 0 Å². The van der Waals surface area contributed by atoms with Crippen LogP contribution in [-0.4, -0.2) is 13.3 Å². The maximum atomic E-state index is 8.56. The Labute approximate surface area is 85.6 Å². The van der Waals surface area contributed by atoms with E-state index < -0.39 is 11.4 Å². The Kier molecular flexibility index (Phi) is 26.5. The molecule has 0 fully saturated rings. The van der Waals surface area contributed by atoms with Crippen molar-refractivity contribution in [2.75, 3.05) is 0 Å². The third-order valence-electron chi connectivity index (χ3n) is 0. The van der Waals surface area contributed by atoms with E-state index in [-0.39, 0.29) is 62.0 Å². The molecule has 1 N–H and O–H groups in total. The molecule has 0 aliphatic heterocycles. The summed E-state index contributed by atoms with van der Waals surface area (Å²) in [5.41, 5.74) is 0. The van der Waals surface area contributed by atoms with Gasteiger partial charge in [0.15, 0.2) is 0 Å². The van der Waals surface area contributed by atoms with Crippen LogP contribution in [0.4, 0.5) is 0 Å². The summed E-state index contributed by atoms with van der Waals surface area (Å²) in [6.45, 7) is 0. The van der Waals surface area contributed by atoms with Crippen LogP contribution in [0.5, 0.6) is 0 Å². The van der Waals surface area contributed by atoms with Crippen molar-refractivity contribution in [2.24, 2.45) is 0 Å². The first-order valence-corrected chi connectivity index (χ1v) is 1.55. The molecule has 0 aliphatic rings. The standard InChI is InChI=1S/2Na.H2O3S.2H/c;;1-4(2)3;;/h;;(H2,1,2,3);;/q2*+1;;2*-1/p-1. The van der Waals surface area contributed by atoms with E-state index in [9.17, 15) is 0 Å². The predicted molar refractivity (Wildman–Crippen MR) is 13.8 cm³/mol. The van der Waals surface area contributed by atoms with Crippen LogP contribution in [0, 0.1) is 0 Å². The zero-order valence-corrected chi connectivity index (χ0v) is 8.49. The molecule has 0 aromatic heterocycles. The Morgan fingerprint density at radius 3 is 1.67 bits per heavy atom. The first-order valence-electron chi connectivity index (χ1n) is 0.516. The summed E-state index contributed by atoms with van der Waals surface area (Å²) in [5.74, 6) is 0. The first-order chi connectivity index (χ1) is 1.73. The Bertz CT molecular complexity index is 38.3. The van der Waals surface area contributed by atoms with Crippen LogP contribution in [0.3, 0.4) is 0 Å². The molecule has 0 saturated heterocycles. The largest absolute Gasteiger partial charge is 1.00 e. The summed E-state index contributed by atoms with van der Waals surface area (Å²) >= 11 is -2.86. The van der Waals surface area contributed by atoms with Gasteiger partial charge in [-0.15, -0.1) is 0 Å². The normalized spacial score (nSPS) is 10.3. The smallest absolute Gasteiger partial charge is 1.00 e. The monoisotopic (exact) mass is 129 g/mol. The summed E-state index contributed by atoms with van der Waals surface area (Å²) in [7, 11) is 0. The summed E-state index contributed by atoms with van der Waals surface area (Å²) < 4.78 is 24.1. The summed E-state index contributed by atoms with van der Waals surface area (Å²) in [4.78, 5) is 0. The van der Waals surface area contributed by atoms with Gasteiger partial charge in [-0.25, -0.2) is 4.21 Å². The molecule has 0 radical (unpaired) electrons. The van der Waals surface area contributed by atoms with Gasteiger partial charge < -0.3 is 12.0 Å². The van der Waals surface area contributed by atoms with Crippen molar-refractivity contribution in [1.29, 1.82) is 0 Å². The molecule has 0 rings (SSSR count). The molecule has 6 heavy (non-hydrogen) atoms. The molecule has 3 nitrogen and oxygen atoms in total. The third kappa shape index (κ3) is 36.4. The molecule has 6 heteroatoms. The van der Waals surface area contributed by atoms with Crippen LogP contribution >= 0.6 is 0 Å². The zero-order valence-electron chi connectivity index (χ0n) is 5.67. The van der Waals surface area contributed by atoms with Crippen LogP contribution in [0.15, 0.2) is 0 Å². The second-order valence-electron chi connectivity index (χ2n) is 0.217. The molecule has 1 unspecified atom stereocenters. The molecule has 0 aliphatic carbocycles. The summed E-state index contributed by atoms with van der Waals surface area (Å²) in [6.07, 6.45) is 0. The minimum absolute atomic E-state index is 0. The molecule has 0 heterocycles. The van der Waals surface area contributed by atoms with Gasteiger partial charge in [-0.3, -0.25) is 0 Å². The molecule has 0 amide bonds. The third-order valence-corrected chi connectivity index (χ3v) is 0. The van der Waals surface area contributed by atoms with E-state index in [1.807, 2.05) is 0 Å². The van der Waals surface area contributed by atoms with E-state index in [4.69, 9.17) is 13.3 Å². The average Bonchev–Trinajstić information content (AvgIpc) is 0.811. The van der Waals surface area contributed by atoms with Gasteiger partial charge in [0.2, 0.25) is 0 Å². The fourth-order valence-electron chi connectivity index (χ4n) is 0. The maximum Gasteiger partial charge on any atom is 1.00 e. The van der Waals surface area contributed by atoms with E-state index in [0.717, 1.165) is 0 Å². The van der Waals surface area contributed by atoms with Gasteiger partial charge in [-0.05, 0) is 0 Å². The average molecular weight is 129 g/mol. The van der Waals surface area contributed by atoms with Gasteiger partial charge in [0, 0.05) is 0 Å². The van der Waals surface area contributed by atoms with Gasteiger partial charge >= 0.3 is 59.1 Å². The predicted octanol–water partition coefficient (Wildman–Crippen LogP) is -6.43. The quantitative estimate of drug-likeness (QED) is 0.261. The Balaban J connectivity index is -0.00000000750. The fraction of sp³-hybridized carbons (Fsp3) is 0. The molecule has 0 bridgehead atoms. The molecule has 0 aromatic rings. The summed E-state index contributed by atoms with van der Waals surface area (Å²) in [6, 6.07) is 0. The molecule has 0 spiro atoms. The minimum Gasteiger partial charge on any atom is -1.00 e. The Morgan fingerprint density at radius 1 is 1.67 bits per heavy atom. The van der Waals surface area contributed by atoms with Crippen LogP contribution in [0.1, 0.15) is 2.85 Å². The van der Waals surface area contributed by atoms with Crippen molar-refractivity contribution in [2.45, 2.75) is 0 Å². The molecule has 1 atom stereocenters. The van der Waals surface area contributed by atoms with Crippen LogP contribution in [-0.2, 0) is 11.4 Å². The van der Waals surface area contributed by atoms with Crippen molar-refractivity contribution in [3.05, 3.63) is 0 Å². The molecular formula is H3Na2O3S-. The number of hydrogen-bond donors (Lipinski definition) is 1. The zero-order chi connectivity index (χ0) is 3.58. The van der Waals surface area contributed by atoms with Crippen molar-refractivity contribution in [1.82, 2.24) is 0 Å². The van der Waals surface area contributed by atoms with Gasteiger partial charge in [-0.2, -0.15) is 0 Å².